The van der Waals surface area contributed by atoms with E-state index in [1.807, 2.05) is 11.6 Å². The van der Waals surface area contributed by atoms with Crippen molar-refractivity contribution in [3.63, 3.8) is 0 Å². The van der Waals surface area contributed by atoms with Gasteiger partial charge in [0.15, 0.2) is 0 Å². The number of benzene rings is 2. The zero-order valence-electron chi connectivity index (χ0n) is 12.1. The molecule has 0 aliphatic heterocycles. The molecule has 2 heterocycles. The standard InChI is InChI=1S/C16H13N3S2.HI/c1-9-3-5-11-13(7-9)20-15(18-11)10-4-6-12-14(8-10)21-16(17)19(12)2;/h3-8,17H,1-2H3;1H. The normalized spacial score (nSPS) is 11.0. The summed E-state index contributed by atoms with van der Waals surface area (Å²) in [7, 11) is 1.99. The van der Waals surface area contributed by atoms with Gasteiger partial charge in [0.2, 0.25) is 0 Å². The Morgan fingerprint density at radius 3 is 2.68 bits per heavy atom. The molecule has 0 atom stereocenters. The minimum absolute atomic E-state index is 0. The predicted octanol–water partition coefficient (Wildman–Crippen LogP) is 0.897. The highest BCUT2D eigenvalue weighted by Gasteiger charge is 2.13. The van der Waals surface area contributed by atoms with Gasteiger partial charge < -0.3 is 24.0 Å². The Hall–Kier alpha value is -1.25. The summed E-state index contributed by atoms with van der Waals surface area (Å²) in [6.07, 6.45) is 0. The Balaban J connectivity index is 0.00000144. The summed E-state index contributed by atoms with van der Waals surface area (Å²) in [5.41, 5.74) is 10.6. The first-order chi connectivity index (χ1) is 10.1. The van der Waals surface area contributed by atoms with Gasteiger partial charge in [0.25, 0.3) is 0 Å². The van der Waals surface area contributed by atoms with Crippen molar-refractivity contribution in [1.29, 1.82) is 0 Å². The molecule has 0 aliphatic carbocycles. The molecule has 22 heavy (non-hydrogen) atoms. The predicted molar refractivity (Wildman–Crippen MR) is 90.8 cm³/mol. The molecule has 0 spiro atoms. The van der Waals surface area contributed by atoms with Gasteiger partial charge in [-0.1, -0.05) is 6.07 Å². The summed E-state index contributed by atoms with van der Waals surface area (Å²) in [5.74, 6) is 0. The van der Waals surface area contributed by atoms with Crippen molar-refractivity contribution in [2.24, 2.45) is 7.05 Å². The number of nitrogens with zero attached hydrogens (tertiary/aromatic N) is 2. The number of aryl methyl sites for hydroxylation is 2. The van der Waals surface area contributed by atoms with Crippen molar-refractivity contribution in [2.45, 2.75) is 6.92 Å². The molecule has 2 N–H and O–H groups in total. The van der Waals surface area contributed by atoms with Crippen molar-refractivity contribution >= 4 is 48.2 Å². The molecule has 2 aromatic carbocycles. The molecule has 4 rings (SSSR count). The number of hydrogen-bond donors (Lipinski definition) is 1. The third kappa shape index (κ3) is 2.49. The minimum Gasteiger partial charge on any atom is -1.00 e. The van der Waals surface area contributed by atoms with Crippen LogP contribution in [0.5, 0.6) is 0 Å². The van der Waals surface area contributed by atoms with Crippen LogP contribution in [0, 0.1) is 6.92 Å². The van der Waals surface area contributed by atoms with E-state index < -0.39 is 0 Å². The fraction of sp³-hybridized carbons (Fsp3) is 0.125. The van der Waals surface area contributed by atoms with Crippen LogP contribution < -0.4 is 34.3 Å². The fourth-order valence-corrected chi connectivity index (χ4v) is 4.48. The molecule has 0 fully saturated rings. The number of nitrogens with two attached hydrogens (primary N) is 1. The molecule has 3 nitrogen and oxygen atoms in total. The molecule has 2 aromatic heterocycles. The summed E-state index contributed by atoms with van der Waals surface area (Å²) in [4.78, 5) is 4.75. The number of halogens is 1. The summed E-state index contributed by atoms with van der Waals surface area (Å²) in [5, 5.41) is 1.88. The zero-order valence-corrected chi connectivity index (χ0v) is 15.9. The molecular formula is C16H14IN3S2. The molecular weight excluding hydrogens is 425 g/mol. The van der Waals surface area contributed by atoms with Gasteiger partial charge in [-0.2, -0.15) is 0 Å². The smallest absolute Gasteiger partial charge is 0.332 e. The third-order valence-corrected chi connectivity index (χ3v) is 5.75. The summed E-state index contributed by atoms with van der Waals surface area (Å²) >= 11 is 3.35. The van der Waals surface area contributed by atoms with E-state index in [1.165, 1.54) is 20.5 Å². The van der Waals surface area contributed by atoms with E-state index in [-0.39, 0.29) is 24.0 Å². The number of thiazole rings is 2. The first-order valence-corrected chi connectivity index (χ1v) is 8.31. The highest BCUT2D eigenvalue weighted by molar-refractivity contribution is 7.22. The molecule has 112 valence electrons. The van der Waals surface area contributed by atoms with Crippen molar-refractivity contribution in [3.05, 3.63) is 42.0 Å². The van der Waals surface area contributed by atoms with Gasteiger partial charge in [0, 0.05) is 5.56 Å². The fourth-order valence-electron chi connectivity index (χ4n) is 2.46. The quantitative estimate of drug-likeness (QED) is 0.354. The van der Waals surface area contributed by atoms with Gasteiger partial charge >= 0.3 is 5.13 Å². The molecule has 0 unspecified atom stereocenters. The lowest BCUT2D eigenvalue weighted by atomic mass is 10.2. The SMILES string of the molecule is Cc1ccc2nc(-c3ccc4c(c3)sc(N)[n+]4C)sc2c1.[I-]. The lowest BCUT2D eigenvalue weighted by molar-refractivity contribution is -0.626. The Morgan fingerprint density at radius 2 is 1.86 bits per heavy atom. The average molecular weight is 439 g/mol. The first kappa shape index (κ1) is 15.6. The van der Waals surface area contributed by atoms with E-state index in [0.29, 0.717) is 0 Å². The molecule has 0 aliphatic rings. The second kappa shape index (κ2) is 5.75. The van der Waals surface area contributed by atoms with Gasteiger partial charge in [-0.05, 0) is 54.2 Å². The zero-order chi connectivity index (χ0) is 14.6. The van der Waals surface area contributed by atoms with E-state index in [1.54, 1.807) is 22.7 Å². The van der Waals surface area contributed by atoms with Crippen LogP contribution in [0.3, 0.4) is 0 Å². The lowest BCUT2D eigenvalue weighted by Crippen LogP contribution is -3.00. The number of fused-ring (bicyclic) bond motifs is 2. The molecule has 0 saturated carbocycles. The van der Waals surface area contributed by atoms with Gasteiger partial charge in [-0.3, -0.25) is 5.73 Å². The highest BCUT2D eigenvalue weighted by atomic mass is 127. The van der Waals surface area contributed by atoms with Gasteiger partial charge in [-0.15, -0.1) is 11.3 Å². The maximum Gasteiger partial charge on any atom is 0.332 e. The number of rotatable bonds is 1. The second-order valence-electron chi connectivity index (χ2n) is 5.17. The third-order valence-electron chi connectivity index (χ3n) is 3.66. The monoisotopic (exact) mass is 439 g/mol. The van der Waals surface area contributed by atoms with Gasteiger partial charge in [0.05, 0.1) is 22.0 Å². The van der Waals surface area contributed by atoms with Crippen LogP contribution in [0.1, 0.15) is 5.56 Å². The van der Waals surface area contributed by atoms with Crippen LogP contribution in [0.4, 0.5) is 5.13 Å². The minimum atomic E-state index is 0. The molecule has 0 bridgehead atoms. The Labute approximate surface area is 153 Å². The molecule has 0 amide bonds. The van der Waals surface area contributed by atoms with Gasteiger partial charge in [-0.25, -0.2) is 9.55 Å². The van der Waals surface area contributed by atoms with Crippen molar-refractivity contribution in [1.82, 2.24) is 4.98 Å². The van der Waals surface area contributed by atoms with Crippen molar-refractivity contribution < 1.29 is 28.5 Å². The number of aromatic nitrogens is 2. The van der Waals surface area contributed by atoms with Crippen LogP contribution in [-0.4, -0.2) is 4.98 Å². The summed E-state index contributed by atoms with van der Waals surface area (Å²) in [6, 6.07) is 12.8. The highest BCUT2D eigenvalue weighted by Crippen LogP contribution is 2.33. The van der Waals surface area contributed by atoms with E-state index in [4.69, 9.17) is 10.7 Å². The largest absolute Gasteiger partial charge is 1.00 e. The van der Waals surface area contributed by atoms with E-state index in [9.17, 15) is 0 Å². The average Bonchev–Trinajstić information content (AvgIpc) is 3.00. The van der Waals surface area contributed by atoms with Crippen LogP contribution in [0.15, 0.2) is 36.4 Å². The first-order valence-electron chi connectivity index (χ1n) is 6.67. The maximum atomic E-state index is 5.99. The number of hydrogen-bond acceptors (Lipinski definition) is 4. The maximum absolute atomic E-state index is 5.99. The van der Waals surface area contributed by atoms with Gasteiger partial charge in [0.1, 0.15) is 10.5 Å². The summed E-state index contributed by atoms with van der Waals surface area (Å²) in [6.45, 7) is 2.11. The molecule has 0 radical (unpaired) electrons. The Bertz CT molecular complexity index is 988. The second-order valence-corrected chi connectivity index (χ2v) is 7.26. The van der Waals surface area contributed by atoms with E-state index >= 15 is 0 Å². The lowest BCUT2D eigenvalue weighted by Gasteiger charge is -1.95. The van der Waals surface area contributed by atoms with Crippen LogP contribution in [0.2, 0.25) is 0 Å². The summed E-state index contributed by atoms with van der Waals surface area (Å²) < 4.78 is 4.45. The topological polar surface area (TPSA) is 42.8 Å². The van der Waals surface area contributed by atoms with Crippen LogP contribution in [-0.2, 0) is 7.05 Å². The Kier molecular flexibility index (Phi) is 4.09. The van der Waals surface area contributed by atoms with Crippen LogP contribution in [0.25, 0.3) is 31.0 Å². The van der Waals surface area contributed by atoms with E-state index in [0.717, 1.165) is 21.2 Å². The molecule has 4 aromatic rings. The van der Waals surface area contributed by atoms with Crippen LogP contribution >= 0.6 is 22.7 Å². The Morgan fingerprint density at radius 1 is 1.05 bits per heavy atom. The van der Waals surface area contributed by atoms with Crippen molar-refractivity contribution in [3.8, 4) is 10.6 Å². The van der Waals surface area contributed by atoms with Crippen molar-refractivity contribution in [2.75, 3.05) is 5.73 Å². The molecule has 0 saturated heterocycles. The number of anilines is 1. The number of nitrogen functional groups attached to an aromatic ring is 1. The molecule has 6 heteroatoms. The van der Waals surface area contributed by atoms with E-state index in [2.05, 4.69) is 43.3 Å².